The van der Waals surface area contributed by atoms with E-state index in [-0.39, 0.29) is 23.8 Å². The van der Waals surface area contributed by atoms with E-state index < -0.39 is 18.0 Å². The van der Waals surface area contributed by atoms with Gasteiger partial charge in [-0.2, -0.15) is 0 Å². The van der Waals surface area contributed by atoms with Gasteiger partial charge in [0.25, 0.3) is 5.17 Å². The molecule has 0 bridgehead atoms. The van der Waals surface area contributed by atoms with Crippen molar-refractivity contribution in [3.8, 4) is 0 Å². The van der Waals surface area contributed by atoms with Crippen LogP contribution in [0.25, 0.3) is 0 Å². The number of cyclic esters (lactones) is 1. The van der Waals surface area contributed by atoms with Gasteiger partial charge in [-0.05, 0) is 49.0 Å². The summed E-state index contributed by atoms with van der Waals surface area (Å²) >= 11 is 4.93. The van der Waals surface area contributed by atoms with Gasteiger partial charge in [0.05, 0.1) is 44.2 Å². The van der Waals surface area contributed by atoms with Crippen molar-refractivity contribution in [2.45, 2.75) is 19.1 Å². The number of hydrogen-bond donors (Lipinski definition) is 3. The van der Waals surface area contributed by atoms with Crippen LogP contribution in [0.1, 0.15) is 18.5 Å². The van der Waals surface area contributed by atoms with Crippen molar-refractivity contribution in [3.63, 3.8) is 0 Å². The second-order valence-electron chi connectivity index (χ2n) is 8.63. The Hall–Kier alpha value is -3.71. The third-order valence-electron chi connectivity index (χ3n) is 6.16. The monoisotopic (exact) mass is 531 g/mol. The van der Waals surface area contributed by atoms with Crippen molar-refractivity contribution in [1.82, 2.24) is 26.1 Å². The number of benzene rings is 1. The molecule has 11 nitrogen and oxygen atoms in total. The molecule has 0 saturated carbocycles. The number of urea groups is 1. The molecule has 198 valence electrons. The van der Waals surface area contributed by atoms with Gasteiger partial charge in [0.1, 0.15) is 11.9 Å². The number of amides is 3. The van der Waals surface area contributed by atoms with Crippen molar-refractivity contribution < 1.29 is 23.5 Å². The van der Waals surface area contributed by atoms with Crippen LogP contribution in [0.3, 0.4) is 0 Å². The highest BCUT2D eigenvalue weighted by Crippen LogP contribution is 2.28. The lowest BCUT2D eigenvalue weighted by molar-refractivity contribution is 0.142. The molecule has 2 fully saturated rings. The summed E-state index contributed by atoms with van der Waals surface area (Å²) in [7, 11) is 1.45. The lowest BCUT2D eigenvalue weighted by Crippen LogP contribution is -2.49. The molecule has 3 N–H and O–H groups in total. The van der Waals surface area contributed by atoms with E-state index in [1.165, 1.54) is 23.1 Å². The number of thiocarbonyl (C=S) groups is 1. The van der Waals surface area contributed by atoms with E-state index in [2.05, 4.69) is 21.0 Å². The van der Waals surface area contributed by atoms with Gasteiger partial charge in [0.2, 0.25) is 0 Å². The van der Waals surface area contributed by atoms with Crippen LogP contribution in [0.2, 0.25) is 0 Å². The molecule has 0 spiro atoms. The van der Waals surface area contributed by atoms with Crippen molar-refractivity contribution >= 4 is 40.9 Å². The number of nitrogens with zero attached hydrogens (tertiary/aromatic N) is 4. The maximum atomic E-state index is 15.2. The first-order chi connectivity index (χ1) is 17.9. The fourth-order valence-electron chi connectivity index (χ4n) is 4.15. The van der Waals surface area contributed by atoms with Gasteiger partial charge >= 0.3 is 12.1 Å². The number of hydrogen-bond acceptors (Lipinski definition) is 8. The average molecular weight is 532 g/mol. The first-order valence-corrected chi connectivity index (χ1v) is 12.3. The Bertz CT molecular complexity index is 1130. The molecule has 2 atom stereocenters. The molecule has 37 heavy (non-hydrogen) atoms. The minimum Gasteiger partial charge on any atom is -0.474 e. The normalized spacial score (nSPS) is 18.6. The third-order valence-corrected chi connectivity index (χ3v) is 6.48. The predicted molar refractivity (Wildman–Crippen MR) is 140 cm³/mol. The molecule has 13 heteroatoms. The van der Waals surface area contributed by atoms with Gasteiger partial charge in [0.15, 0.2) is 0 Å². The van der Waals surface area contributed by atoms with E-state index in [0.717, 1.165) is 5.56 Å². The maximum Gasteiger partial charge on any atom is 0.414 e. The van der Waals surface area contributed by atoms with Gasteiger partial charge in [-0.15, -0.1) is 0 Å². The van der Waals surface area contributed by atoms with Gasteiger partial charge < -0.3 is 25.0 Å². The average Bonchev–Trinajstić information content (AvgIpc) is 3.11. The van der Waals surface area contributed by atoms with E-state index in [9.17, 15) is 9.59 Å². The summed E-state index contributed by atoms with van der Waals surface area (Å²) in [6.07, 6.45) is 2.40. The summed E-state index contributed by atoms with van der Waals surface area (Å²) in [6.45, 7) is 4.16. The number of aromatic nitrogens is 1. The maximum absolute atomic E-state index is 15.2. The van der Waals surface area contributed by atoms with Crippen molar-refractivity contribution in [3.05, 3.63) is 54.1 Å². The minimum absolute atomic E-state index is 0.205. The molecule has 4 rings (SSSR count). The van der Waals surface area contributed by atoms with E-state index in [0.29, 0.717) is 44.1 Å². The second kappa shape index (κ2) is 12.0. The lowest BCUT2D eigenvalue weighted by atomic mass is 10.1. The Balaban J connectivity index is 1.34. The van der Waals surface area contributed by atoms with Crippen LogP contribution in [0.15, 0.2) is 42.7 Å². The van der Waals surface area contributed by atoms with Crippen LogP contribution < -0.4 is 25.9 Å². The zero-order valence-electron chi connectivity index (χ0n) is 20.6. The number of carbonyl (C=O) groups is 2. The van der Waals surface area contributed by atoms with E-state index in [4.69, 9.17) is 21.7 Å². The molecule has 2 aliphatic rings. The van der Waals surface area contributed by atoms with Crippen molar-refractivity contribution in [2.24, 2.45) is 0 Å². The number of halogens is 1. The summed E-state index contributed by atoms with van der Waals surface area (Å²) in [5, 5.41) is 7.51. The van der Waals surface area contributed by atoms with Crippen LogP contribution in [0, 0.1) is 5.82 Å². The summed E-state index contributed by atoms with van der Waals surface area (Å²) in [4.78, 5) is 32.4. The summed E-state index contributed by atoms with van der Waals surface area (Å²) < 4.78 is 25.4. The first kappa shape index (κ1) is 26.4. The zero-order valence-corrected chi connectivity index (χ0v) is 21.5. The molecule has 0 aliphatic carbocycles. The molecule has 3 amide bonds. The van der Waals surface area contributed by atoms with Crippen LogP contribution in [0.5, 0.6) is 0 Å². The van der Waals surface area contributed by atoms with Gasteiger partial charge in [-0.1, -0.05) is 6.07 Å². The Morgan fingerprint density at radius 3 is 2.92 bits per heavy atom. The summed E-state index contributed by atoms with van der Waals surface area (Å²) in [5.74, 6) is -0.462. The van der Waals surface area contributed by atoms with Crippen LogP contribution >= 0.6 is 12.2 Å². The molecule has 0 radical (unpaired) electrons. The van der Waals surface area contributed by atoms with Gasteiger partial charge in [0, 0.05) is 32.0 Å². The number of nitrogens with one attached hydrogen (secondary N) is 3. The number of ether oxygens (including phenoxy) is 2. The quantitative estimate of drug-likeness (QED) is 0.483. The number of methoxy groups -OCH3 is 1. The summed E-state index contributed by atoms with van der Waals surface area (Å²) in [5.41, 5.74) is 4.80. The van der Waals surface area contributed by atoms with E-state index in [1.807, 2.05) is 24.0 Å². The number of anilines is 2. The SMILES string of the molecule is COC(=S)NC[C@H]1CN(c2ccc(N3CCNN(C(=O)NC(C)c4cccnc4)CC3)c(F)c2)C(=O)O1. The Kier molecular flexibility index (Phi) is 8.56. The number of pyridine rings is 1. The van der Waals surface area contributed by atoms with Gasteiger partial charge in [-0.3, -0.25) is 14.9 Å². The molecule has 3 heterocycles. The Morgan fingerprint density at radius 2 is 2.19 bits per heavy atom. The highest BCUT2D eigenvalue weighted by atomic mass is 32.1. The molecule has 2 saturated heterocycles. The third kappa shape index (κ3) is 6.54. The smallest absolute Gasteiger partial charge is 0.414 e. The molecule has 2 aromatic rings. The fraction of sp³-hybridized carbons (Fsp3) is 0.417. The molecule has 1 unspecified atom stereocenters. The number of rotatable bonds is 6. The highest BCUT2D eigenvalue weighted by Gasteiger charge is 2.33. The number of carbonyl (C=O) groups excluding carboxylic acids is 2. The van der Waals surface area contributed by atoms with Crippen molar-refractivity contribution in [2.75, 3.05) is 56.2 Å². The lowest BCUT2D eigenvalue weighted by Gasteiger charge is -2.25. The molecular weight excluding hydrogens is 501 g/mol. The second-order valence-corrected chi connectivity index (χ2v) is 9.00. The Labute approximate surface area is 219 Å². The molecule has 1 aromatic carbocycles. The molecule has 1 aromatic heterocycles. The summed E-state index contributed by atoms with van der Waals surface area (Å²) in [6, 6.07) is 7.90. The van der Waals surface area contributed by atoms with Crippen LogP contribution in [-0.2, 0) is 9.47 Å². The Morgan fingerprint density at radius 1 is 1.35 bits per heavy atom. The van der Waals surface area contributed by atoms with Crippen molar-refractivity contribution in [1.29, 1.82) is 0 Å². The largest absolute Gasteiger partial charge is 0.474 e. The standard InChI is InChI=1S/C24H30FN7O4S/c1-16(17-4-3-7-26-13-17)29-22(33)32-11-10-30(9-8-28-32)21-6-5-18(12-20(21)25)31-15-19(36-24(31)34)14-27-23(37)35-2/h3-7,12-13,16,19,28H,8-11,14-15H2,1-2H3,(H,27,37)(H,29,33)/t16?,19-/m0/s1. The zero-order chi connectivity index (χ0) is 26.4. The van der Waals surface area contributed by atoms with Gasteiger partial charge in [-0.25, -0.2) is 19.4 Å². The minimum atomic E-state index is -0.552. The first-order valence-electron chi connectivity index (χ1n) is 11.9. The fourth-order valence-corrected chi connectivity index (χ4v) is 4.24. The topological polar surface area (TPSA) is 111 Å². The number of hydrazine groups is 1. The van der Waals surface area contributed by atoms with E-state index in [1.54, 1.807) is 24.5 Å². The molecule has 2 aliphatic heterocycles. The van der Waals surface area contributed by atoms with Crippen LogP contribution in [0.4, 0.5) is 25.4 Å². The van der Waals surface area contributed by atoms with E-state index >= 15 is 4.39 Å². The molecular formula is C24H30FN7O4S. The highest BCUT2D eigenvalue weighted by molar-refractivity contribution is 7.80. The predicted octanol–water partition coefficient (Wildman–Crippen LogP) is 2.16. The van der Waals surface area contributed by atoms with Crippen LogP contribution in [-0.4, -0.2) is 79.8 Å².